The Kier molecular flexibility index (Phi) is 4.84. The Morgan fingerprint density at radius 2 is 1.95 bits per heavy atom. The quantitative estimate of drug-likeness (QED) is 0.863. The standard InChI is InChI=1S/C14H21N3O3S/c1-21(19,20)16-13-5-3-2-4-12(13)14(18)17-8-6-11(10-15)7-9-17/h2-5,11,16H,6-10,15H2,1H3. The first kappa shape index (κ1) is 15.8. The minimum atomic E-state index is -3.41. The number of para-hydroxylation sites is 1. The Morgan fingerprint density at radius 1 is 1.33 bits per heavy atom. The number of piperidine rings is 1. The van der Waals surface area contributed by atoms with E-state index in [1.54, 1.807) is 29.2 Å². The molecular formula is C14H21N3O3S. The summed E-state index contributed by atoms with van der Waals surface area (Å²) in [6, 6.07) is 6.67. The predicted molar refractivity (Wildman–Crippen MR) is 82.6 cm³/mol. The average molecular weight is 311 g/mol. The van der Waals surface area contributed by atoms with Gasteiger partial charge in [0.1, 0.15) is 0 Å². The fourth-order valence-corrected chi connectivity index (χ4v) is 3.08. The maximum atomic E-state index is 12.6. The van der Waals surface area contributed by atoms with Crippen molar-refractivity contribution < 1.29 is 13.2 Å². The van der Waals surface area contributed by atoms with Gasteiger partial charge in [0, 0.05) is 13.1 Å². The lowest BCUT2D eigenvalue weighted by atomic mass is 9.96. The lowest BCUT2D eigenvalue weighted by Crippen LogP contribution is -2.40. The van der Waals surface area contributed by atoms with Gasteiger partial charge in [0.2, 0.25) is 10.0 Å². The van der Waals surface area contributed by atoms with E-state index in [0.717, 1.165) is 19.1 Å². The van der Waals surface area contributed by atoms with Crippen molar-refractivity contribution in [3.8, 4) is 0 Å². The summed E-state index contributed by atoms with van der Waals surface area (Å²) in [5.41, 5.74) is 6.36. The molecule has 1 aliphatic heterocycles. The van der Waals surface area contributed by atoms with E-state index < -0.39 is 10.0 Å². The highest BCUT2D eigenvalue weighted by Crippen LogP contribution is 2.22. The van der Waals surface area contributed by atoms with Crippen molar-refractivity contribution in [3.05, 3.63) is 29.8 Å². The second kappa shape index (κ2) is 6.44. The number of amides is 1. The molecule has 0 bridgehead atoms. The molecule has 1 amide bonds. The maximum Gasteiger partial charge on any atom is 0.255 e. The largest absolute Gasteiger partial charge is 0.339 e. The van der Waals surface area contributed by atoms with Crippen molar-refractivity contribution in [1.82, 2.24) is 4.90 Å². The number of nitrogens with zero attached hydrogens (tertiary/aromatic N) is 1. The number of anilines is 1. The molecule has 0 unspecified atom stereocenters. The first-order chi connectivity index (χ1) is 9.90. The third-order valence-electron chi connectivity index (χ3n) is 3.69. The Labute approximate surface area is 125 Å². The van der Waals surface area contributed by atoms with E-state index in [9.17, 15) is 13.2 Å². The van der Waals surface area contributed by atoms with E-state index in [2.05, 4.69) is 4.72 Å². The van der Waals surface area contributed by atoms with E-state index >= 15 is 0 Å². The normalized spacial score (nSPS) is 16.8. The fourth-order valence-electron chi connectivity index (χ4n) is 2.50. The molecule has 1 aromatic rings. The van der Waals surface area contributed by atoms with Gasteiger partial charge in [-0.25, -0.2) is 8.42 Å². The highest BCUT2D eigenvalue weighted by molar-refractivity contribution is 7.92. The van der Waals surface area contributed by atoms with Gasteiger partial charge >= 0.3 is 0 Å². The fraction of sp³-hybridized carbons (Fsp3) is 0.500. The molecule has 2 rings (SSSR count). The Bertz CT molecular complexity index is 608. The summed E-state index contributed by atoms with van der Waals surface area (Å²) in [6.07, 6.45) is 2.86. The molecule has 6 nitrogen and oxygen atoms in total. The van der Waals surface area contributed by atoms with Crippen molar-refractivity contribution in [2.75, 3.05) is 30.6 Å². The van der Waals surface area contributed by atoms with E-state index in [-0.39, 0.29) is 5.91 Å². The monoisotopic (exact) mass is 311 g/mol. The molecular weight excluding hydrogens is 290 g/mol. The molecule has 1 heterocycles. The van der Waals surface area contributed by atoms with Gasteiger partial charge in [-0.15, -0.1) is 0 Å². The number of carbonyl (C=O) groups excluding carboxylic acids is 1. The Balaban J connectivity index is 2.16. The van der Waals surface area contributed by atoms with Gasteiger partial charge in [-0.2, -0.15) is 0 Å². The number of likely N-dealkylation sites (tertiary alicyclic amines) is 1. The molecule has 0 aromatic heterocycles. The van der Waals surface area contributed by atoms with Crippen LogP contribution in [0.1, 0.15) is 23.2 Å². The molecule has 21 heavy (non-hydrogen) atoms. The lowest BCUT2D eigenvalue weighted by molar-refractivity contribution is 0.0694. The minimum Gasteiger partial charge on any atom is -0.339 e. The molecule has 0 aliphatic carbocycles. The molecule has 7 heteroatoms. The van der Waals surface area contributed by atoms with E-state index in [1.807, 2.05) is 0 Å². The minimum absolute atomic E-state index is 0.141. The highest BCUT2D eigenvalue weighted by Gasteiger charge is 2.24. The second-order valence-electron chi connectivity index (χ2n) is 5.39. The molecule has 0 radical (unpaired) electrons. The highest BCUT2D eigenvalue weighted by atomic mass is 32.2. The zero-order chi connectivity index (χ0) is 15.5. The molecule has 1 fully saturated rings. The number of hydrogen-bond acceptors (Lipinski definition) is 4. The molecule has 3 N–H and O–H groups in total. The van der Waals surface area contributed by atoms with Crippen LogP contribution in [-0.2, 0) is 10.0 Å². The molecule has 0 spiro atoms. The van der Waals surface area contributed by atoms with E-state index in [4.69, 9.17) is 5.73 Å². The molecule has 0 atom stereocenters. The van der Waals surface area contributed by atoms with Crippen LogP contribution in [0, 0.1) is 5.92 Å². The molecule has 1 saturated heterocycles. The van der Waals surface area contributed by atoms with Gasteiger partial charge in [-0.3, -0.25) is 9.52 Å². The van der Waals surface area contributed by atoms with Gasteiger partial charge in [0.05, 0.1) is 17.5 Å². The molecule has 1 aliphatic rings. The van der Waals surface area contributed by atoms with Gasteiger partial charge in [0.25, 0.3) is 5.91 Å². The number of sulfonamides is 1. The second-order valence-corrected chi connectivity index (χ2v) is 7.14. The third kappa shape index (κ3) is 4.18. The zero-order valence-corrected chi connectivity index (χ0v) is 12.9. The summed E-state index contributed by atoms with van der Waals surface area (Å²) >= 11 is 0. The Morgan fingerprint density at radius 3 is 2.52 bits per heavy atom. The molecule has 0 saturated carbocycles. The van der Waals surface area contributed by atoms with E-state index in [1.165, 1.54) is 0 Å². The SMILES string of the molecule is CS(=O)(=O)Nc1ccccc1C(=O)N1CCC(CN)CC1. The summed E-state index contributed by atoms with van der Waals surface area (Å²) in [4.78, 5) is 14.3. The Hall–Kier alpha value is -1.60. The van der Waals surface area contributed by atoms with Crippen molar-refractivity contribution in [1.29, 1.82) is 0 Å². The molecule has 1 aromatic carbocycles. The topological polar surface area (TPSA) is 92.5 Å². The van der Waals surface area contributed by atoms with Gasteiger partial charge in [-0.05, 0) is 37.4 Å². The zero-order valence-electron chi connectivity index (χ0n) is 12.1. The number of rotatable bonds is 4. The lowest BCUT2D eigenvalue weighted by Gasteiger charge is -2.31. The van der Waals surface area contributed by atoms with Gasteiger partial charge in [-0.1, -0.05) is 12.1 Å². The van der Waals surface area contributed by atoms with Crippen molar-refractivity contribution in [3.63, 3.8) is 0 Å². The first-order valence-electron chi connectivity index (χ1n) is 6.97. The van der Waals surface area contributed by atoms with Crippen LogP contribution in [0.4, 0.5) is 5.69 Å². The van der Waals surface area contributed by atoms with Crippen LogP contribution < -0.4 is 10.5 Å². The molecule has 116 valence electrons. The number of nitrogens with one attached hydrogen (secondary N) is 1. The van der Waals surface area contributed by atoms with E-state index in [0.29, 0.717) is 36.8 Å². The smallest absolute Gasteiger partial charge is 0.255 e. The summed E-state index contributed by atoms with van der Waals surface area (Å²) in [6.45, 7) is 1.97. The summed E-state index contributed by atoms with van der Waals surface area (Å²) in [5.74, 6) is 0.329. The predicted octanol–water partition coefficient (Wildman–Crippen LogP) is 0.869. The van der Waals surface area contributed by atoms with Crippen molar-refractivity contribution in [2.45, 2.75) is 12.8 Å². The van der Waals surface area contributed by atoms with Crippen LogP contribution >= 0.6 is 0 Å². The number of carbonyl (C=O) groups is 1. The van der Waals surface area contributed by atoms with Gasteiger partial charge < -0.3 is 10.6 Å². The average Bonchev–Trinajstić information content (AvgIpc) is 2.45. The number of benzene rings is 1. The summed E-state index contributed by atoms with van der Waals surface area (Å²) < 4.78 is 25.2. The third-order valence-corrected chi connectivity index (χ3v) is 4.28. The summed E-state index contributed by atoms with van der Waals surface area (Å²) in [7, 11) is -3.41. The van der Waals surface area contributed by atoms with Gasteiger partial charge in [0.15, 0.2) is 0 Å². The summed E-state index contributed by atoms with van der Waals surface area (Å²) in [5, 5.41) is 0. The number of nitrogens with two attached hydrogens (primary N) is 1. The van der Waals surface area contributed by atoms with Crippen molar-refractivity contribution in [2.24, 2.45) is 11.7 Å². The van der Waals surface area contributed by atoms with Crippen LogP contribution in [0.5, 0.6) is 0 Å². The van der Waals surface area contributed by atoms with Crippen LogP contribution in [0.3, 0.4) is 0 Å². The van der Waals surface area contributed by atoms with Crippen LogP contribution in [0.25, 0.3) is 0 Å². The van der Waals surface area contributed by atoms with Crippen LogP contribution in [-0.4, -0.2) is 45.1 Å². The van der Waals surface area contributed by atoms with Crippen LogP contribution in [0.2, 0.25) is 0 Å². The van der Waals surface area contributed by atoms with Crippen LogP contribution in [0.15, 0.2) is 24.3 Å². The van der Waals surface area contributed by atoms with Crippen molar-refractivity contribution >= 4 is 21.6 Å². The maximum absolute atomic E-state index is 12.6. The first-order valence-corrected chi connectivity index (χ1v) is 8.86. The number of hydrogen-bond donors (Lipinski definition) is 2.